The molecule has 53 heavy (non-hydrogen) atoms. The van der Waals surface area contributed by atoms with Crippen LogP contribution in [-0.2, 0) is 23.3 Å². The maximum absolute atomic E-state index is 12.6. The lowest BCUT2D eigenvalue weighted by Crippen LogP contribution is -2.58. The van der Waals surface area contributed by atoms with Crippen molar-refractivity contribution in [1.29, 1.82) is 5.26 Å². The van der Waals surface area contributed by atoms with Crippen molar-refractivity contribution in [3.05, 3.63) is 67.0 Å². The third kappa shape index (κ3) is 7.49. The van der Waals surface area contributed by atoms with Crippen LogP contribution in [-0.4, -0.2) is 88.9 Å². The van der Waals surface area contributed by atoms with E-state index in [1.807, 2.05) is 0 Å². The van der Waals surface area contributed by atoms with E-state index in [0.717, 1.165) is 25.4 Å². The minimum atomic E-state index is -2.17. The Morgan fingerprint density at radius 2 is 1.81 bits per heavy atom. The Balaban J connectivity index is 1.16. The molecule has 3 aliphatic rings. The van der Waals surface area contributed by atoms with Gasteiger partial charge in [0.25, 0.3) is 8.53 Å². The van der Waals surface area contributed by atoms with Gasteiger partial charge in [0.1, 0.15) is 26.9 Å². The summed E-state index contributed by atoms with van der Waals surface area (Å²) in [6.45, 7) is 9.16. The van der Waals surface area contributed by atoms with Gasteiger partial charge >= 0.3 is 0 Å². The van der Waals surface area contributed by atoms with Crippen molar-refractivity contribution in [2.75, 3.05) is 25.6 Å². The molecule has 0 radical (unpaired) electrons. The molecular formula is C38H48N7O6PSi. The average molecular weight is 758 g/mol. The number of carbonyl (C=O) groups is 1. The number of methoxy groups -OCH3 is 1. The van der Waals surface area contributed by atoms with Crippen molar-refractivity contribution in [3.8, 4) is 11.9 Å². The molecule has 1 N–H and O–H groups in total. The molecule has 1 unspecified atom stereocenters. The molecule has 0 saturated carbocycles. The monoisotopic (exact) mass is 757 g/mol. The quantitative estimate of drug-likeness (QED) is 0.100. The van der Waals surface area contributed by atoms with E-state index in [9.17, 15) is 4.79 Å². The third-order valence-corrected chi connectivity index (χ3v) is 16.8. The third-order valence-electron chi connectivity index (χ3n) is 10.6. The van der Waals surface area contributed by atoms with Crippen molar-refractivity contribution in [3.63, 3.8) is 0 Å². The second kappa shape index (κ2) is 16.3. The molecule has 0 spiro atoms. The molecule has 15 heteroatoms. The molecule has 13 nitrogen and oxygen atoms in total. The first-order valence-corrected chi connectivity index (χ1v) is 22.3. The molecular weight excluding hydrogens is 710 g/mol. The molecule has 2 aromatic carbocycles. The fourth-order valence-electron chi connectivity index (χ4n) is 7.70. The van der Waals surface area contributed by atoms with Gasteiger partial charge in [-0.1, -0.05) is 98.4 Å². The Morgan fingerprint density at radius 3 is 2.45 bits per heavy atom. The van der Waals surface area contributed by atoms with Gasteiger partial charge in [0, 0.05) is 25.6 Å². The summed E-state index contributed by atoms with van der Waals surface area (Å²) in [4.78, 5) is 26.4. The van der Waals surface area contributed by atoms with Crippen molar-refractivity contribution in [1.82, 2.24) is 24.2 Å². The molecule has 7 rings (SSSR count). The summed E-state index contributed by atoms with van der Waals surface area (Å²) in [5, 5.41) is 14.7. The number of imidazole rings is 1. The molecule has 7 atom stereocenters. The lowest BCUT2D eigenvalue weighted by molar-refractivity contribution is -0.118. The van der Waals surface area contributed by atoms with Gasteiger partial charge in [0.15, 0.2) is 17.4 Å². The van der Waals surface area contributed by atoms with Gasteiger partial charge in [-0.05, 0) is 25.3 Å². The molecule has 0 bridgehead atoms. The van der Waals surface area contributed by atoms with E-state index >= 15 is 0 Å². The predicted octanol–water partition coefficient (Wildman–Crippen LogP) is 5.40. The standard InChI is InChI=1S/C38H48N7O6PSi/c1-6-29-32(33(47-4)37(49-29)44-24-40-31-34(44)41-38(42-35(46)25(2)3)43-36(31)48-22-14-20-39)51-52-45-21-13-19-28(45)30(50-52)23-53(5,26-15-9-7-10-16-26)27-17-11-8-12-18-27/h7-12,15-18,24-25,28-30,32-33,37H,6,13-14,19,21-23H2,1-5H3,(H,41,42,43,46)/t28-,29+,30+,32?,33-,37+,52+/m0/s1. The first kappa shape index (κ1) is 37.5. The van der Waals surface area contributed by atoms with Crippen LogP contribution >= 0.6 is 8.53 Å². The van der Waals surface area contributed by atoms with Crippen LogP contribution in [0.5, 0.6) is 5.88 Å². The van der Waals surface area contributed by atoms with Gasteiger partial charge in [0.2, 0.25) is 17.7 Å². The molecule has 2 aromatic heterocycles. The van der Waals surface area contributed by atoms with Crippen molar-refractivity contribution in [2.45, 2.75) is 95.7 Å². The maximum atomic E-state index is 12.6. The highest BCUT2D eigenvalue weighted by atomic mass is 31.2. The first-order chi connectivity index (χ1) is 25.7. The number of fused-ring (bicyclic) bond motifs is 2. The summed E-state index contributed by atoms with van der Waals surface area (Å²) in [6.07, 6.45) is 2.79. The van der Waals surface area contributed by atoms with E-state index in [-0.39, 0.29) is 54.9 Å². The largest absolute Gasteiger partial charge is 0.475 e. The molecule has 3 fully saturated rings. The highest BCUT2D eigenvalue weighted by Gasteiger charge is 2.54. The minimum Gasteiger partial charge on any atom is -0.475 e. The highest BCUT2D eigenvalue weighted by Crippen LogP contribution is 2.59. The number of rotatable bonds is 14. The van der Waals surface area contributed by atoms with Crippen LogP contribution in [0.15, 0.2) is 67.0 Å². The van der Waals surface area contributed by atoms with E-state index in [1.165, 1.54) is 10.4 Å². The van der Waals surface area contributed by atoms with Gasteiger partial charge in [0.05, 0.1) is 31.0 Å². The van der Waals surface area contributed by atoms with Crippen LogP contribution in [0.25, 0.3) is 11.2 Å². The number of nitrogens with zero attached hydrogens (tertiary/aromatic N) is 6. The number of amides is 1. The van der Waals surface area contributed by atoms with Crippen LogP contribution in [0.4, 0.5) is 5.95 Å². The van der Waals surface area contributed by atoms with E-state index in [4.69, 9.17) is 28.5 Å². The van der Waals surface area contributed by atoms with Crippen LogP contribution in [0.2, 0.25) is 12.6 Å². The van der Waals surface area contributed by atoms with Crippen LogP contribution in [0.3, 0.4) is 0 Å². The number of hydrogen-bond acceptors (Lipinski definition) is 11. The van der Waals surface area contributed by atoms with Gasteiger partial charge in [-0.25, -0.2) is 9.65 Å². The smallest absolute Gasteiger partial charge is 0.259 e. The molecule has 0 aliphatic carbocycles. The summed E-state index contributed by atoms with van der Waals surface area (Å²) >= 11 is 0. The number of nitriles is 1. The molecule has 3 saturated heterocycles. The van der Waals surface area contributed by atoms with E-state index in [1.54, 1.807) is 31.9 Å². The first-order valence-electron chi connectivity index (χ1n) is 18.5. The zero-order valence-electron chi connectivity index (χ0n) is 30.9. The second-order valence-electron chi connectivity index (χ2n) is 14.3. The molecule has 4 aromatic rings. The summed E-state index contributed by atoms with van der Waals surface area (Å²) in [6, 6.07) is 25.2. The summed E-state index contributed by atoms with van der Waals surface area (Å²) in [5.74, 6) is -0.279. The van der Waals surface area contributed by atoms with Crippen LogP contribution in [0.1, 0.15) is 52.7 Å². The number of benzene rings is 2. The predicted molar refractivity (Wildman–Crippen MR) is 204 cm³/mol. The molecule has 3 aliphatic heterocycles. The Hall–Kier alpha value is -3.80. The normalized spacial score (nSPS) is 25.9. The van der Waals surface area contributed by atoms with Gasteiger partial charge < -0.3 is 23.3 Å². The topological polar surface area (TPSA) is 146 Å². The van der Waals surface area contributed by atoms with E-state index < -0.39 is 35.0 Å². The average Bonchev–Trinajstić information content (AvgIpc) is 3.97. The SMILES string of the molecule is CC[C@H]1O[C@@H](n2cnc3c(OCCC#N)nc(NC(=O)C(C)C)nc32)[C@@H](OC)C1O[P@@]1O[C@H](C[Si](C)(c2ccccc2)c2ccccc2)[C@@H]2CCCN21. The number of nitrogens with one attached hydrogen (secondary N) is 1. The number of ether oxygens (including phenoxy) is 3. The lowest BCUT2D eigenvalue weighted by atomic mass is 10.1. The Morgan fingerprint density at radius 1 is 1.09 bits per heavy atom. The number of hydrogen-bond donors (Lipinski definition) is 1. The van der Waals surface area contributed by atoms with E-state index in [2.05, 4.69) is 105 Å². The number of anilines is 1. The Kier molecular flexibility index (Phi) is 11.5. The fraction of sp³-hybridized carbons (Fsp3) is 0.500. The molecule has 1 amide bonds. The molecule has 280 valence electrons. The van der Waals surface area contributed by atoms with Crippen molar-refractivity contribution in [2.24, 2.45) is 5.92 Å². The number of aromatic nitrogens is 4. The summed E-state index contributed by atoms with van der Waals surface area (Å²) in [7, 11) is -1.90. The van der Waals surface area contributed by atoms with Crippen molar-refractivity contribution >= 4 is 50.0 Å². The van der Waals surface area contributed by atoms with Gasteiger partial charge in [-0.2, -0.15) is 15.2 Å². The van der Waals surface area contributed by atoms with E-state index in [0.29, 0.717) is 17.6 Å². The Labute approximate surface area is 312 Å². The van der Waals surface area contributed by atoms with Gasteiger partial charge in [-0.3, -0.25) is 14.7 Å². The number of carbonyl (C=O) groups excluding carboxylic acids is 1. The summed E-state index contributed by atoms with van der Waals surface area (Å²) < 4.78 is 37.0. The maximum Gasteiger partial charge on any atom is 0.259 e. The van der Waals surface area contributed by atoms with Crippen molar-refractivity contribution < 1.29 is 28.1 Å². The minimum absolute atomic E-state index is 0.0353. The lowest BCUT2D eigenvalue weighted by Gasteiger charge is -2.32. The van der Waals surface area contributed by atoms with Gasteiger partial charge in [-0.15, -0.1) is 0 Å². The second-order valence-corrected chi connectivity index (χ2v) is 20.0. The zero-order chi connectivity index (χ0) is 37.1. The van der Waals surface area contributed by atoms with Crippen LogP contribution in [0, 0.1) is 17.2 Å². The Bertz CT molecular complexity index is 1870. The zero-order valence-corrected chi connectivity index (χ0v) is 32.8. The van der Waals surface area contributed by atoms with Crippen LogP contribution < -0.4 is 20.4 Å². The highest BCUT2D eigenvalue weighted by molar-refractivity contribution is 7.45. The molecule has 5 heterocycles. The summed E-state index contributed by atoms with van der Waals surface area (Å²) in [5.41, 5.74) is 0.791. The fourth-order valence-corrected chi connectivity index (χ4v) is 13.7.